The predicted octanol–water partition coefficient (Wildman–Crippen LogP) is 6.88. The number of likely N-dealkylation sites (tertiary alicyclic amines) is 3. The van der Waals surface area contributed by atoms with Crippen LogP contribution >= 0.6 is 0 Å². The number of hydrogen-bond acceptors (Lipinski definition) is 17. The quantitative estimate of drug-likeness (QED) is 0.0657. The van der Waals surface area contributed by atoms with E-state index in [2.05, 4.69) is 75.4 Å². The summed E-state index contributed by atoms with van der Waals surface area (Å²) in [6.07, 6.45) is 18.9. The zero-order chi connectivity index (χ0) is 58.5. The van der Waals surface area contributed by atoms with Gasteiger partial charge in [-0.1, -0.05) is 43.0 Å². The Labute approximate surface area is 479 Å². The normalized spacial score (nSPS) is 21.2. The van der Waals surface area contributed by atoms with Crippen LogP contribution < -0.4 is 4.57 Å². The Balaban J connectivity index is 0.000000178. The van der Waals surface area contributed by atoms with Gasteiger partial charge in [-0.2, -0.15) is 0 Å². The van der Waals surface area contributed by atoms with Crippen molar-refractivity contribution in [3.05, 3.63) is 108 Å². The maximum atomic E-state index is 12.2. The number of aromatic nitrogens is 2. The van der Waals surface area contributed by atoms with E-state index >= 15 is 0 Å². The first-order valence-electron chi connectivity index (χ1n) is 29.0. The van der Waals surface area contributed by atoms with Gasteiger partial charge in [0.2, 0.25) is 0 Å². The molecule has 1 unspecified atom stereocenters. The monoisotopic (exact) mass is 1130 g/mol. The van der Waals surface area contributed by atoms with E-state index in [9.17, 15) is 47.9 Å². The van der Waals surface area contributed by atoms with Crippen LogP contribution in [0.4, 0.5) is 0 Å². The van der Waals surface area contributed by atoms with E-state index in [0.717, 1.165) is 56.9 Å². The number of Topliss-reactive ketones (excluding diaryl/α,β-unsaturated/α-hetero) is 2. The molecule has 6 aliphatic heterocycles. The summed E-state index contributed by atoms with van der Waals surface area (Å²) in [5.74, 6) is -3.35. The number of carbonyl (C=O) groups excluding carboxylic acids is 10. The van der Waals surface area contributed by atoms with Gasteiger partial charge < -0.3 is 14.5 Å². The highest BCUT2D eigenvalue weighted by Gasteiger charge is 2.36. The van der Waals surface area contributed by atoms with Crippen molar-refractivity contribution >= 4 is 59.0 Å². The molecule has 6 aliphatic rings. The lowest BCUT2D eigenvalue weighted by molar-refractivity contribution is -0.697. The summed E-state index contributed by atoms with van der Waals surface area (Å²) < 4.78 is 2.07. The van der Waals surface area contributed by atoms with E-state index in [0.29, 0.717) is 91.4 Å². The molecule has 3 aromatic rings. The number of hydrogen-bond donors (Lipinski definition) is 0. The first-order valence-corrected chi connectivity index (χ1v) is 29.0. The number of nitrogens with zero attached hydrogens (tertiary/aromatic N) is 8. The van der Waals surface area contributed by atoms with Crippen LogP contribution in [0.15, 0.2) is 91.7 Å². The number of allylic oxidation sites excluding steroid dienone is 1. The number of benzene rings is 1. The minimum Gasteiger partial charge on any atom is -0.334 e. The van der Waals surface area contributed by atoms with Crippen molar-refractivity contribution in [2.24, 2.45) is 5.92 Å². The van der Waals surface area contributed by atoms with Gasteiger partial charge in [0, 0.05) is 113 Å². The molecule has 82 heavy (non-hydrogen) atoms. The molecule has 21 nitrogen and oxygen atoms in total. The van der Waals surface area contributed by atoms with E-state index in [1.54, 1.807) is 6.20 Å². The van der Waals surface area contributed by atoms with E-state index in [1.165, 1.54) is 36.0 Å². The van der Waals surface area contributed by atoms with Gasteiger partial charge in [0.15, 0.2) is 12.4 Å². The van der Waals surface area contributed by atoms with Gasteiger partial charge in [0.05, 0.1) is 18.5 Å². The second-order valence-electron chi connectivity index (χ2n) is 21.9. The number of pyridine rings is 2. The number of ketones is 2. The zero-order valence-electron chi connectivity index (χ0n) is 47.5. The van der Waals surface area contributed by atoms with Crippen molar-refractivity contribution in [1.82, 2.24) is 34.9 Å². The maximum Gasteiger partial charge on any atom is 0.333 e. The van der Waals surface area contributed by atoms with Crippen LogP contribution in [0, 0.1) is 5.92 Å². The molecule has 440 valence electrons. The molecular formula is C61H79N8O13+. The third-order valence-electron chi connectivity index (χ3n) is 15.8. The fraction of sp³-hybridized carbons (Fsp3) is 0.541. The average Bonchev–Trinajstić information content (AvgIpc) is 4.37. The van der Waals surface area contributed by atoms with Gasteiger partial charge in [-0.3, -0.25) is 53.2 Å². The minimum absolute atomic E-state index is 0.00242. The molecule has 5 amide bonds. The number of hydroxylamine groups is 6. The van der Waals surface area contributed by atoms with Crippen molar-refractivity contribution in [2.45, 2.75) is 166 Å². The van der Waals surface area contributed by atoms with Crippen LogP contribution in [0.25, 0.3) is 0 Å². The van der Waals surface area contributed by atoms with Crippen LogP contribution in [-0.4, -0.2) is 134 Å². The van der Waals surface area contributed by atoms with Crippen LogP contribution in [0.2, 0.25) is 0 Å². The Bertz CT molecular complexity index is 2710. The van der Waals surface area contributed by atoms with E-state index in [1.807, 2.05) is 42.7 Å². The predicted molar refractivity (Wildman–Crippen MR) is 295 cm³/mol. The summed E-state index contributed by atoms with van der Waals surface area (Å²) in [5.41, 5.74) is 4.31. The number of rotatable bonds is 24. The van der Waals surface area contributed by atoms with Gasteiger partial charge in [-0.15, -0.1) is 15.2 Å². The minimum atomic E-state index is -0.722. The highest BCUT2D eigenvalue weighted by molar-refractivity contribution is 6.02. The fourth-order valence-corrected chi connectivity index (χ4v) is 11.4. The average molecular weight is 1130 g/mol. The lowest BCUT2D eigenvalue weighted by Gasteiger charge is -2.25. The molecule has 21 heteroatoms. The summed E-state index contributed by atoms with van der Waals surface area (Å²) in [6, 6.07) is 19.7. The van der Waals surface area contributed by atoms with Crippen molar-refractivity contribution in [3.63, 3.8) is 0 Å². The van der Waals surface area contributed by atoms with Crippen molar-refractivity contribution in [3.8, 4) is 0 Å². The number of carbonyl (C=O) groups is 10. The molecule has 0 N–H and O–H groups in total. The summed E-state index contributed by atoms with van der Waals surface area (Å²) in [5, 5.41) is 2.11. The van der Waals surface area contributed by atoms with Gasteiger partial charge in [0.25, 0.3) is 29.5 Å². The molecule has 0 aliphatic carbocycles. The van der Waals surface area contributed by atoms with Crippen molar-refractivity contribution in [1.29, 1.82) is 0 Å². The molecule has 0 spiro atoms. The van der Waals surface area contributed by atoms with Crippen LogP contribution in [-0.2, 0) is 69.0 Å². The summed E-state index contributed by atoms with van der Waals surface area (Å²) in [7, 11) is 4.25. The Morgan fingerprint density at radius 1 is 0.561 bits per heavy atom. The third-order valence-corrected chi connectivity index (χ3v) is 15.8. The number of amides is 5. The van der Waals surface area contributed by atoms with Gasteiger partial charge in [-0.05, 0) is 127 Å². The molecule has 0 saturated carbocycles. The first-order chi connectivity index (χ1) is 39.5. The lowest BCUT2D eigenvalue weighted by Crippen LogP contribution is -2.35. The van der Waals surface area contributed by atoms with Crippen LogP contribution in [0.5, 0.6) is 0 Å². The SMILES string of the molecule is C=C1CCC(=O)N1OC(=O)CCCC(=O)CCCN1CCC[C@H]1c1cccnc1.CN1CCC(CCC(=O)CCC(=O)ON2C(=O)CCC2=O)[C@H]1c1ccccc1.CN1CCC[C@H]1c1ccc[n+](CCCC(=O)ON2C(=O)CCC2=O)c1. The topological polar surface area (TPSA) is 235 Å². The zero-order valence-corrected chi connectivity index (χ0v) is 47.5. The van der Waals surface area contributed by atoms with Gasteiger partial charge in [0.1, 0.15) is 18.1 Å². The molecule has 6 saturated heterocycles. The largest absolute Gasteiger partial charge is 0.334 e. The summed E-state index contributed by atoms with van der Waals surface area (Å²) >= 11 is 0. The summed E-state index contributed by atoms with van der Waals surface area (Å²) in [4.78, 5) is 143. The molecule has 9 rings (SSSR count). The lowest BCUT2D eigenvalue weighted by atomic mass is 9.89. The van der Waals surface area contributed by atoms with Crippen LogP contribution in [0.1, 0.15) is 176 Å². The molecule has 8 heterocycles. The highest BCUT2D eigenvalue weighted by Crippen LogP contribution is 2.39. The maximum absolute atomic E-state index is 12.2. The van der Waals surface area contributed by atoms with E-state index in [-0.39, 0.29) is 68.8 Å². The molecule has 4 atom stereocenters. The molecule has 6 fully saturated rings. The van der Waals surface area contributed by atoms with Crippen molar-refractivity contribution < 1.29 is 67.0 Å². The van der Waals surface area contributed by atoms with E-state index in [4.69, 9.17) is 14.5 Å². The molecule has 1 aromatic carbocycles. The Hall–Kier alpha value is -7.36. The first kappa shape index (κ1) is 62.2. The molecule has 2 aromatic heterocycles. The Morgan fingerprint density at radius 2 is 1.13 bits per heavy atom. The Kier molecular flexibility index (Phi) is 23.7. The standard InChI is InChI=1S/C22H29N3O4.C21H26N2O5.C18H24N3O4/c1-17-11-12-21(27)25(17)29-22(28)10-2-7-19(26)8-4-14-24-15-5-9-20(24)18-6-3-13-23-16-18;1-22-14-13-16(21(22)15-5-3-2-4-6-15)7-8-17(24)9-12-20(27)28-23-18(25)10-11-19(23)26;1-19-10-3-6-15(19)14-5-2-11-20(13-14)12-4-7-18(24)25-21-16(22)8-9-17(21)23/h3,6,13,16,20H,1-2,4-5,7-12,14-15H2;2-6,16,21H,7-14H2,1H3;2,5,11,13,15H,3-4,6-10,12H2,1H3/q;;+1/t20-;16?,21-;15-/m010/s1. The molecule has 0 radical (unpaired) electrons. The number of aryl methyl sites for hydroxylation is 1. The highest BCUT2D eigenvalue weighted by atomic mass is 16.7. The molecular weight excluding hydrogens is 1050 g/mol. The van der Waals surface area contributed by atoms with Crippen molar-refractivity contribution in [2.75, 3.05) is 40.3 Å². The summed E-state index contributed by atoms with van der Waals surface area (Å²) in [6.45, 7) is 8.46. The van der Waals surface area contributed by atoms with Gasteiger partial charge >= 0.3 is 17.9 Å². The smallest absolute Gasteiger partial charge is 0.333 e. The van der Waals surface area contributed by atoms with Crippen LogP contribution in [0.3, 0.4) is 0 Å². The second kappa shape index (κ2) is 31.2. The number of imide groups is 2. The van der Waals surface area contributed by atoms with E-state index < -0.39 is 41.5 Å². The third kappa shape index (κ3) is 18.3. The Morgan fingerprint density at radius 3 is 1.77 bits per heavy atom. The second-order valence-corrected chi connectivity index (χ2v) is 21.9. The fourth-order valence-electron chi connectivity index (χ4n) is 11.4. The van der Waals surface area contributed by atoms with Gasteiger partial charge in [-0.25, -0.2) is 19.0 Å². The molecule has 0 bridgehead atoms.